The lowest BCUT2D eigenvalue weighted by atomic mass is 10.3. The number of aromatic nitrogens is 4. The number of H-pyrrole nitrogens is 1. The van der Waals surface area contributed by atoms with Crippen LogP contribution in [0.4, 0.5) is 5.69 Å². The lowest BCUT2D eigenvalue weighted by molar-refractivity contribution is 0.345. The predicted molar refractivity (Wildman–Crippen MR) is 85.4 cm³/mol. The van der Waals surface area contributed by atoms with Crippen molar-refractivity contribution in [3.63, 3.8) is 0 Å². The Hall–Kier alpha value is -3.07. The number of phenols is 2. The summed E-state index contributed by atoms with van der Waals surface area (Å²) in [7, 11) is 0. The van der Waals surface area contributed by atoms with Crippen LogP contribution in [-0.2, 0) is 0 Å². The van der Waals surface area contributed by atoms with E-state index in [0.717, 1.165) is 5.69 Å². The SMILES string of the molecule is Oc1ccc(O)c(NCOc2cccc(-n3[nH]nnc3=S)c2)c1. The van der Waals surface area contributed by atoms with Gasteiger partial charge >= 0.3 is 0 Å². The van der Waals surface area contributed by atoms with Gasteiger partial charge in [0.2, 0.25) is 4.77 Å². The van der Waals surface area contributed by atoms with Crippen LogP contribution in [0.25, 0.3) is 5.69 Å². The van der Waals surface area contributed by atoms with E-state index in [1.54, 1.807) is 18.2 Å². The summed E-state index contributed by atoms with van der Waals surface area (Å²) in [5.74, 6) is 0.662. The first-order chi connectivity index (χ1) is 11.1. The van der Waals surface area contributed by atoms with Gasteiger partial charge in [0, 0.05) is 12.1 Å². The van der Waals surface area contributed by atoms with Crippen molar-refractivity contribution in [3.05, 3.63) is 47.2 Å². The van der Waals surface area contributed by atoms with Gasteiger partial charge in [-0.05, 0) is 36.5 Å². The van der Waals surface area contributed by atoms with Gasteiger partial charge in [0.1, 0.15) is 17.2 Å². The summed E-state index contributed by atoms with van der Waals surface area (Å²) >= 11 is 5.04. The molecule has 3 aromatic rings. The number of hydrogen-bond donors (Lipinski definition) is 4. The topological polar surface area (TPSA) is 108 Å². The fraction of sp³-hybridized carbons (Fsp3) is 0.0714. The minimum Gasteiger partial charge on any atom is -0.508 e. The first-order valence-corrected chi connectivity index (χ1v) is 7.03. The summed E-state index contributed by atoms with van der Waals surface area (Å²) in [5.41, 5.74) is 1.11. The molecule has 118 valence electrons. The van der Waals surface area contributed by atoms with E-state index >= 15 is 0 Å². The van der Waals surface area contributed by atoms with E-state index in [9.17, 15) is 10.2 Å². The van der Waals surface area contributed by atoms with Crippen LogP contribution < -0.4 is 10.1 Å². The number of tetrazole rings is 1. The van der Waals surface area contributed by atoms with E-state index in [2.05, 4.69) is 20.8 Å². The second kappa shape index (κ2) is 6.36. The number of ether oxygens (including phenoxy) is 1. The standard InChI is InChI=1S/C14H13N5O3S/c20-10-4-5-13(21)12(7-10)15-8-22-11-3-1-2-9(6-11)19-14(23)16-17-18-19/h1-7,15,20-21H,8H2,(H,16,18,23). The van der Waals surface area contributed by atoms with E-state index < -0.39 is 0 Å². The maximum absolute atomic E-state index is 9.67. The maximum Gasteiger partial charge on any atom is 0.242 e. The zero-order valence-corrected chi connectivity index (χ0v) is 12.6. The summed E-state index contributed by atoms with van der Waals surface area (Å²) in [6.07, 6.45) is 0. The fourth-order valence-corrected chi connectivity index (χ4v) is 2.13. The highest BCUT2D eigenvalue weighted by atomic mass is 32.1. The molecule has 0 spiro atoms. The second-order valence-electron chi connectivity index (χ2n) is 4.58. The van der Waals surface area contributed by atoms with E-state index in [4.69, 9.17) is 17.0 Å². The number of anilines is 1. The maximum atomic E-state index is 9.67. The van der Waals surface area contributed by atoms with Crippen molar-refractivity contribution in [1.29, 1.82) is 0 Å². The molecule has 4 N–H and O–H groups in total. The van der Waals surface area contributed by atoms with Gasteiger partial charge in [0.15, 0.2) is 6.73 Å². The number of hydrogen-bond acceptors (Lipinski definition) is 7. The number of rotatable bonds is 5. The molecule has 0 bridgehead atoms. The van der Waals surface area contributed by atoms with Crippen molar-refractivity contribution in [2.24, 2.45) is 0 Å². The molecule has 0 unspecified atom stereocenters. The Morgan fingerprint density at radius 1 is 1.22 bits per heavy atom. The molecule has 0 fully saturated rings. The van der Waals surface area contributed by atoms with Crippen molar-refractivity contribution in [2.45, 2.75) is 0 Å². The highest BCUT2D eigenvalue weighted by Crippen LogP contribution is 2.27. The number of nitrogens with zero attached hydrogens (tertiary/aromatic N) is 3. The zero-order valence-electron chi connectivity index (χ0n) is 11.8. The normalized spacial score (nSPS) is 10.4. The lowest BCUT2D eigenvalue weighted by Crippen LogP contribution is -2.09. The molecule has 9 heteroatoms. The van der Waals surface area contributed by atoms with Crippen molar-refractivity contribution in [1.82, 2.24) is 20.2 Å². The van der Waals surface area contributed by atoms with Crippen LogP contribution in [0.15, 0.2) is 42.5 Å². The van der Waals surface area contributed by atoms with Gasteiger partial charge in [-0.15, -0.1) is 0 Å². The molecule has 0 aliphatic rings. The van der Waals surface area contributed by atoms with Crippen molar-refractivity contribution in [2.75, 3.05) is 12.0 Å². The molecule has 2 aromatic carbocycles. The molecule has 23 heavy (non-hydrogen) atoms. The molecule has 0 atom stereocenters. The monoisotopic (exact) mass is 331 g/mol. The highest BCUT2D eigenvalue weighted by molar-refractivity contribution is 7.71. The number of nitrogens with one attached hydrogen (secondary N) is 2. The van der Waals surface area contributed by atoms with Gasteiger partial charge in [-0.3, -0.25) is 0 Å². The Morgan fingerprint density at radius 3 is 2.87 bits per heavy atom. The first kappa shape index (κ1) is 14.9. The molecular formula is C14H13N5O3S. The Balaban J connectivity index is 1.68. The zero-order chi connectivity index (χ0) is 16.2. The van der Waals surface area contributed by atoms with Crippen LogP contribution >= 0.6 is 12.2 Å². The summed E-state index contributed by atoms with van der Waals surface area (Å²) < 4.78 is 7.43. The third kappa shape index (κ3) is 3.40. The molecular weight excluding hydrogens is 318 g/mol. The van der Waals surface area contributed by atoms with Crippen LogP contribution in [0.5, 0.6) is 17.2 Å². The van der Waals surface area contributed by atoms with Gasteiger partial charge in [0.05, 0.1) is 11.4 Å². The summed E-state index contributed by atoms with van der Waals surface area (Å²) in [4.78, 5) is 0. The number of aromatic hydroxyl groups is 2. The Bertz CT molecular complexity index is 877. The predicted octanol–water partition coefficient (Wildman–Crippen LogP) is 2.18. The minimum atomic E-state index is 0.0231. The van der Waals surface area contributed by atoms with Crippen molar-refractivity contribution >= 4 is 17.9 Å². The summed E-state index contributed by atoms with van der Waals surface area (Å²) in [6.45, 7) is 0.104. The average molecular weight is 331 g/mol. The molecule has 0 amide bonds. The number of aromatic amines is 1. The van der Waals surface area contributed by atoms with Gasteiger partial charge in [-0.25, -0.2) is 4.68 Å². The van der Waals surface area contributed by atoms with Crippen LogP contribution in [0, 0.1) is 4.77 Å². The highest BCUT2D eigenvalue weighted by Gasteiger charge is 2.04. The summed E-state index contributed by atoms with van der Waals surface area (Å²) in [6, 6.07) is 11.4. The fourth-order valence-electron chi connectivity index (χ4n) is 1.94. The Morgan fingerprint density at radius 2 is 2.09 bits per heavy atom. The number of benzene rings is 2. The average Bonchev–Trinajstić information content (AvgIpc) is 2.97. The summed E-state index contributed by atoms with van der Waals surface area (Å²) in [5, 5.41) is 31.9. The quantitative estimate of drug-likeness (QED) is 0.246. The van der Waals surface area contributed by atoms with Crippen LogP contribution in [0.3, 0.4) is 0 Å². The smallest absolute Gasteiger partial charge is 0.242 e. The molecule has 0 saturated heterocycles. The van der Waals surface area contributed by atoms with Crippen LogP contribution in [0.2, 0.25) is 0 Å². The Labute approximate surface area is 136 Å². The largest absolute Gasteiger partial charge is 0.508 e. The molecule has 1 aromatic heterocycles. The molecule has 0 saturated carbocycles. The molecule has 0 radical (unpaired) electrons. The third-order valence-electron chi connectivity index (χ3n) is 3.03. The van der Waals surface area contributed by atoms with E-state index in [-0.39, 0.29) is 18.2 Å². The van der Waals surface area contributed by atoms with Crippen LogP contribution in [0.1, 0.15) is 0 Å². The first-order valence-electron chi connectivity index (χ1n) is 6.63. The molecule has 1 heterocycles. The van der Waals surface area contributed by atoms with Crippen molar-refractivity contribution < 1.29 is 14.9 Å². The molecule has 8 nitrogen and oxygen atoms in total. The van der Waals surface area contributed by atoms with Gasteiger partial charge in [-0.1, -0.05) is 16.4 Å². The second-order valence-corrected chi connectivity index (χ2v) is 4.95. The molecule has 0 aliphatic heterocycles. The van der Waals surface area contributed by atoms with Crippen molar-refractivity contribution in [3.8, 4) is 22.9 Å². The molecule has 3 rings (SSSR count). The third-order valence-corrected chi connectivity index (χ3v) is 3.29. The van der Waals surface area contributed by atoms with Gasteiger partial charge in [0.25, 0.3) is 0 Å². The van der Waals surface area contributed by atoms with Crippen LogP contribution in [-0.4, -0.2) is 37.2 Å². The van der Waals surface area contributed by atoms with E-state index in [1.165, 1.54) is 22.9 Å². The minimum absolute atomic E-state index is 0.0231. The molecule has 0 aliphatic carbocycles. The lowest BCUT2D eigenvalue weighted by Gasteiger charge is -2.11. The number of phenolic OH excluding ortho intramolecular Hbond substituents is 2. The van der Waals surface area contributed by atoms with Gasteiger partial charge < -0.3 is 20.3 Å². The van der Waals surface area contributed by atoms with Gasteiger partial charge in [-0.2, -0.15) is 5.21 Å². The Kier molecular flexibility index (Phi) is 4.11. The van der Waals surface area contributed by atoms with E-state index in [0.29, 0.717) is 16.2 Å². The van der Waals surface area contributed by atoms with E-state index in [1.807, 2.05) is 6.07 Å².